The monoisotopic (exact) mass is 218 g/mol. The second-order valence-electron chi connectivity index (χ2n) is 4.46. The van der Waals surface area contributed by atoms with Gasteiger partial charge in [-0.15, -0.1) is 0 Å². The molecule has 0 bridgehead atoms. The molecule has 2 nitrogen and oxygen atoms in total. The maximum atomic E-state index is 11.7. The van der Waals surface area contributed by atoms with Crippen LogP contribution in [0.4, 0.5) is 0 Å². The van der Waals surface area contributed by atoms with Crippen LogP contribution in [0.2, 0.25) is 0 Å². The smallest absolute Gasteiger partial charge is 0.136 e. The second kappa shape index (κ2) is 5.15. The summed E-state index contributed by atoms with van der Waals surface area (Å²) in [5.41, 5.74) is 1.21. The zero-order valence-electron chi connectivity index (χ0n) is 9.74. The first-order valence-corrected chi connectivity index (χ1v) is 5.95. The highest BCUT2D eigenvalue weighted by molar-refractivity contribution is 5.81. The molecule has 1 aromatic rings. The van der Waals surface area contributed by atoms with Crippen LogP contribution in [-0.2, 0) is 11.2 Å². The minimum atomic E-state index is 0.237. The summed E-state index contributed by atoms with van der Waals surface area (Å²) in [5.74, 6) is 1.55. The quantitative estimate of drug-likeness (QED) is 0.779. The van der Waals surface area contributed by atoms with Crippen molar-refractivity contribution >= 4 is 5.78 Å². The Labute approximate surface area is 96.6 Å². The molecular formula is C14H18O2. The highest BCUT2D eigenvalue weighted by Gasteiger charge is 2.22. The van der Waals surface area contributed by atoms with E-state index in [1.807, 2.05) is 18.2 Å². The third-order valence-electron chi connectivity index (χ3n) is 3.30. The molecule has 0 radical (unpaired) electrons. The van der Waals surface area contributed by atoms with E-state index in [-0.39, 0.29) is 5.92 Å². The van der Waals surface area contributed by atoms with Gasteiger partial charge in [-0.2, -0.15) is 0 Å². The van der Waals surface area contributed by atoms with E-state index >= 15 is 0 Å². The standard InChI is InChI=1S/C14H18O2/c1-16-13-7-4-5-11(10-13)9-12-6-2-3-8-14(12)15/h4-5,7,10,12H,2-3,6,8-9H2,1H3. The number of benzene rings is 1. The van der Waals surface area contributed by atoms with Crippen molar-refractivity contribution in [1.82, 2.24) is 0 Å². The number of hydrogen-bond acceptors (Lipinski definition) is 2. The van der Waals surface area contributed by atoms with Crippen LogP contribution in [-0.4, -0.2) is 12.9 Å². The Morgan fingerprint density at radius 1 is 1.38 bits per heavy atom. The van der Waals surface area contributed by atoms with E-state index in [1.165, 1.54) is 12.0 Å². The second-order valence-corrected chi connectivity index (χ2v) is 4.46. The van der Waals surface area contributed by atoms with Gasteiger partial charge in [-0.25, -0.2) is 0 Å². The number of ketones is 1. The summed E-state index contributed by atoms with van der Waals surface area (Å²) >= 11 is 0. The zero-order valence-corrected chi connectivity index (χ0v) is 9.74. The lowest BCUT2D eigenvalue weighted by atomic mass is 9.84. The lowest BCUT2D eigenvalue weighted by Crippen LogP contribution is -2.20. The van der Waals surface area contributed by atoms with Crippen molar-refractivity contribution in [3.05, 3.63) is 29.8 Å². The van der Waals surface area contributed by atoms with Crippen molar-refractivity contribution in [3.8, 4) is 5.75 Å². The molecule has 0 spiro atoms. The van der Waals surface area contributed by atoms with Gasteiger partial charge in [0.25, 0.3) is 0 Å². The number of carbonyl (C=O) groups is 1. The summed E-state index contributed by atoms with van der Waals surface area (Å²) in [6, 6.07) is 8.03. The maximum Gasteiger partial charge on any atom is 0.136 e. The van der Waals surface area contributed by atoms with Gasteiger partial charge in [0.2, 0.25) is 0 Å². The van der Waals surface area contributed by atoms with Crippen LogP contribution in [0, 0.1) is 5.92 Å². The van der Waals surface area contributed by atoms with Crippen molar-refractivity contribution in [2.24, 2.45) is 5.92 Å². The van der Waals surface area contributed by atoms with Crippen LogP contribution in [0.3, 0.4) is 0 Å². The molecule has 0 amide bonds. The Morgan fingerprint density at radius 2 is 2.25 bits per heavy atom. The average molecular weight is 218 g/mol. The van der Waals surface area contributed by atoms with Gasteiger partial charge < -0.3 is 4.74 Å². The first-order chi connectivity index (χ1) is 7.79. The van der Waals surface area contributed by atoms with Gasteiger partial charge in [0.05, 0.1) is 7.11 Å². The van der Waals surface area contributed by atoms with Crippen LogP contribution in [0.1, 0.15) is 31.2 Å². The molecule has 0 saturated heterocycles. The van der Waals surface area contributed by atoms with Crippen molar-refractivity contribution < 1.29 is 9.53 Å². The molecule has 0 heterocycles. The predicted molar refractivity (Wildman–Crippen MR) is 63.7 cm³/mol. The molecule has 0 aliphatic heterocycles. The van der Waals surface area contributed by atoms with Gasteiger partial charge in [0.15, 0.2) is 0 Å². The number of methoxy groups -OCH3 is 1. The summed E-state index contributed by atoms with van der Waals surface area (Å²) in [4.78, 5) is 11.7. The molecule has 86 valence electrons. The first kappa shape index (κ1) is 11.2. The van der Waals surface area contributed by atoms with Gasteiger partial charge in [-0.1, -0.05) is 18.6 Å². The molecule has 2 heteroatoms. The van der Waals surface area contributed by atoms with Crippen molar-refractivity contribution in [2.75, 3.05) is 7.11 Å². The molecule has 16 heavy (non-hydrogen) atoms. The highest BCUT2D eigenvalue weighted by Crippen LogP contribution is 2.25. The number of Topliss-reactive ketones (excluding diaryl/α,β-unsaturated/α-hetero) is 1. The predicted octanol–water partition coefficient (Wildman–Crippen LogP) is 3.00. The van der Waals surface area contributed by atoms with Gasteiger partial charge in [-0.05, 0) is 37.0 Å². The van der Waals surface area contributed by atoms with E-state index < -0.39 is 0 Å². The summed E-state index contributed by atoms with van der Waals surface area (Å²) in [5, 5.41) is 0. The molecule has 1 fully saturated rings. The van der Waals surface area contributed by atoms with E-state index in [2.05, 4.69) is 6.07 Å². The number of hydrogen-bond donors (Lipinski definition) is 0. The number of ether oxygens (including phenoxy) is 1. The molecule has 0 aromatic heterocycles. The zero-order chi connectivity index (χ0) is 11.4. The fourth-order valence-electron chi connectivity index (χ4n) is 2.35. The van der Waals surface area contributed by atoms with Gasteiger partial charge >= 0.3 is 0 Å². The molecule has 1 atom stereocenters. The normalized spacial score (nSPS) is 20.8. The van der Waals surface area contributed by atoms with Crippen LogP contribution in [0.25, 0.3) is 0 Å². The summed E-state index contributed by atoms with van der Waals surface area (Å²) in [6.07, 6.45) is 4.97. The molecular weight excluding hydrogens is 200 g/mol. The highest BCUT2D eigenvalue weighted by atomic mass is 16.5. The first-order valence-electron chi connectivity index (χ1n) is 5.95. The van der Waals surface area contributed by atoms with Gasteiger partial charge in [0.1, 0.15) is 11.5 Å². The lowest BCUT2D eigenvalue weighted by Gasteiger charge is -2.20. The third kappa shape index (κ3) is 2.63. The Balaban J connectivity index is 2.04. The SMILES string of the molecule is COc1cccc(CC2CCCCC2=O)c1. The third-order valence-corrected chi connectivity index (χ3v) is 3.30. The molecule has 2 rings (SSSR count). The summed E-state index contributed by atoms with van der Waals surface area (Å²) in [6.45, 7) is 0. The minimum absolute atomic E-state index is 0.237. The van der Waals surface area contributed by atoms with Crippen molar-refractivity contribution in [3.63, 3.8) is 0 Å². The van der Waals surface area contributed by atoms with Gasteiger partial charge in [-0.3, -0.25) is 4.79 Å². The Bertz CT molecular complexity index is 371. The minimum Gasteiger partial charge on any atom is -0.497 e. The van der Waals surface area contributed by atoms with Crippen molar-refractivity contribution in [2.45, 2.75) is 32.1 Å². The van der Waals surface area contributed by atoms with Crippen LogP contribution < -0.4 is 4.74 Å². The number of rotatable bonds is 3. The Morgan fingerprint density at radius 3 is 3.00 bits per heavy atom. The van der Waals surface area contributed by atoms with E-state index in [0.717, 1.165) is 31.4 Å². The molecule has 1 saturated carbocycles. The number of carbonyl (C=O) groups excluding carboxylic acids is 1. The van der Waals surface area contributed by atoms with Gasteiger partial charge in [0, 0.05) is 12.3 Å². The van der Waals surface area contributed by atoms with E-state index in [1.54, 1.807) is 7.11 Å². The lowest BCUT2D eigenvalue weighted by molar-refractivity contribution is -0.124. The topological polar surface area (TPSA) is 26.3 Å². The molecule has 1 aliphatic rings. The van der Waals surface area contributed by atoms with E-state index in [0.29, 0.717) is 5.78 Å². The Kier molecular flexibility index (Phi) is 3.60. The largest absolute Gasteiger partial charge is 0.497 e. The molecule has 1 aromatic carbocycles. The fraction of sp³-hybridized carbons (Fsp3) is 0.500. The van der Waals surface area contributed by atoms with E-state index in [4.69, 9.17) is 4.74 Å². The molecule has 1 unspecified atom stereocenters. The fourth-order valence-corrected chi connectivity index (χ4v) is 2.35. The van der Waals surface area contributed by atoms with Crippen molar-refractivity contribution in [1.29, 1.82) is 0 Å². The van der Waals surface area contributed by atoms with E-state index in [9.17, 15) is 4.79 Å². The van der Waals surface area contributed by atoms with Crippen LogP contribution in [0.15, 0.2) is 24.3 Å². The summed E-state index contributed by atoms with van der Waals surface area (Å²) < 4.78 is 5.19. The Hall–Kier alpha value is -1.31. The van der Waals surface area contributed by atoms with Crippen LogP contribution >= 0.6 is 0 Å². The van der Waals surface area contributed by atoms with Crippen LogP contribution in [0.5, 0.6) is 5.75 Å². The summed E-state index contributed by atoms with van der Waals surface area (Å²) in [7, 11) is 1.67. The average Bonchev–Trinajstić information content (AvgIpc) is 2.32. The molecule has 0 N–H and O–H groups in total. The molecule has 1 aliphatic carbocycles. The maximum absolute atomic E-state index is 11.7.